The Morgan fingerprint density at radius 1 is 1.17 bits per heavy atom. The molecule has 1 aromatic carbocycles. The van der Waals surface area contributed by atoms with Crippen LogP contribution in [0.4, 0.5) is 0 Å². The van der Waals surface area contributed by atoms with E-state index in [0.29, 0.717) is 17.1 Å². The van der Waals surface area contributed by atoms with Crippen molar-refractivity contribution >= 4 is 23.2 Å². The Balaban J connectivity index is 1.75. The van der Waals surface area contributed by atoms with Crippen molar-refractivity contribution in [2.75, 3.05) is 6.54 Å². The van der Waals surface area contributed by atoms with Crippen molar-refractivity contribution in [3.05, 3.63) is 33.8 Å². The number of hydrogen-bond donors (Lipinski definition) is 2. The monoisotopic (exact) mass is 286 g/mol. The standard InChI is InChI=1S/C14H20Cl2N2/c15-11-2-1-10(14(16)9-11)7-8-18-13-5-3-12(17)4-6-13/h1-2,9,12-13,18H,3-8,17H2. The molecule has 1 aliphatic rings. The van der Waals surface area contributed by atoms with E-state index in [1.165, 1.54) is 12.8 Å². The van der Waals surface area contributed by atoms with Crippen molar-refractivity contribution in [3.8, 4) is 0 Å². The van der Waals surface area contributed by atoms with Gasteiger partial charge in [-0.15, -0.1) is 0 Å². The molecule has 0 aliphatic heterocycles. The van der Waals surface area contributed by atoms with Gasteiger partial charge in [0.05, 0.1) is 0 Å². The quantitative estimate of drug-likeness (QED) is 0.890. The molecule has 1 fully saturated rings. The van der Waals surface area contributed by atoms with E-state index in [1.807, 2.05) is 12.1 Å². The number of halogens is 2. The molecular weight excluding hydrogens is 267 g/mol. The van der Waals surface area contributed by atoms with Crippen LogP contribution in [-0.2, 0) is 6.42 Å². The Labute approximate surface area is 119 Å². The third kappa shape index (κ3) is 4.13. The summed E-state index contributed by atoms with van der Waals surface area (Å²) in [4.78, 5) is 0. The second kappa shape index (κ2) is 6.76. The minimum atomic E-state index is 0.411. The van der Waals surface area contributed by atoms with Gasteiger partial charge in [-0.25, -0.2) is 0 Å². The summed E-state index contributed by atoms with van der Waals surface area (Å²) in [5.41, 5.74) is 7.05. The van der Waals surface area contributed by atoms with E-state index in [2.05, 4.69) is 5.32 Å². The van der Waals surface area contributed by atoms with E-state index < -0.39 is 0 Å². The molecule has 0 heterocycles. The van der Waals surface area contributed by atoms with Gasteiger partial charge in [-0.3, -0.25) is 0 Å². The molecule has 0 amide bonds. The number of hydrogen-bond acceptors (Lipinski definition) is 2. The van der Waals surface area contributed by atoms with Gasteiger partial charge >= 0.3 is 0 Å². The molecule has 0 bridgehead atoms. The second-order valence-corrected chi connectivity index (χ2v) is 5.90. The van der Waals surface area contributed by atoms with Crippen molar-refractivity contribution in [1.82, 2.24) is 5.32 Å². The highest BCUT2D eigenvalue weighted by atomic mass is 35.5. The maximum Gasteiger partial charge on any atom is 0.0453 e. The van der Waals surface area contributed by atoms with Gasteiger partial charge in [-0.2, -0.15) is 0 Å². The minimum absolute atomic E-state index is 0.411. The lowest BCUT2D eigenvalue weighted by atomic mass is 9.92. The predicted molar refractivity (Wildman–Crippen MR) is 78.4 cm³/mol. The summed E-state index contributed by atoms with van der Waals surface area (Å²) in [6.45, 7) is 0.960. The maximum atomic E-state index is 6.14. The average molecular weight is 287 g/mol. The number of nitrogens with one attached hydrogen (secondary N) is 1. The topological polar surface area (TPSA) is 38.0 Å². The van der Waals surface area contributed by atoms with Crippen LogP contribution in [0, 0.1) is 0 Å². The smallest absolute Gasteiger partial charge is 0.0453 e. The summed E-state index contributed by atoms with van der Waals surface area (Å²) in [7, 11) is 0. The number of rotatable bonds is 4. The summed E-state index contributed by atoms with van der Waals surface area (Å²) in [6, 6.07) is 6.73. The molecule has 0 saturated heterocycles. The average Bonchev–Trinajstić information content (AvgIpc) is 2.34. The molecule has 1 aliphatic carbocycles. The zero-order chi connectivity index (χ0) is 13.0. The van der Waals surface area contributed by atoms with Gasteiger partial charge in [-0.05, 0) is 56.3 Å². The van der Waals surface area contributed by atoms with Crippen LogP contribution >= 0.6 is 23.2 Å². The molecule has 1 aromatic rings. The fourth-order valence-corrected chi connectivity index (χ4v) is 2.96. The first-order valence-corrected chi connectivity index (χ1v) is 7.33. The van der Waals surface area contributed by atoms with E-state index in [1.54, 1.807) is 6.07 Å². The Morgan fingerprint density at radius 2 is 1.89 bits per heavy atom. The highest BCUT2D eigenvalue weighted by molar-refractivity contribution is 6.35. The predicted octanol–water partition coefficient (Wildman–Crippen LogP) is 3.40. The van der Waals surface area contributed by atoms with Crippen LogP contribution in [0.15, 0.2) is 18.2 Å². The molecule has 18 heavy (non-hydrogen) atoms. The Bertz CT molecular complexity index is 387. The van der Waals surface area contributed by atoms with Crippen molar-refractivity contribution in [2.45, 2.75) is 44.2 Å². The molecule has 3 N–H and O–H groups in total. The molecule has 1 saturated carbocycles. The zero-order valence-corrected chi connectivity index (χ0v) is 12.0. The first kappa shape index (κ1) is 14.1. The highest BCUT2D eigenvalue weighted by Crippen LogP contribution is 2.21. The van der Waals surface area contributed by atoms with Crippen LogP contribution in [-0.4, -0.2) is 18.6 Å². The van der Waals surface area contributed by atoms with E-state index >= 15 is 0 Å². The van der Waals surface area contributed by atoms with Crippen LogP contribution < -0.4 is 11.1 Å². The lowest BCUT2D eigenvalue weighted by molar-refractivity contribution is 0.344. The first-order valence-electron chi connectivity index (χ1n) is 6.58. The molecule has 4 heteroatoms. The fourth-order valence-electron chi connectivity index (χ4n) is 2.46. The van der Waals surface area contributed by atoms with Crippen LogP contribution in [0.2, 0.25) is 10.0 Å². The summed E-state index contributed by atoms with van der Waals surface area (Å²) in [6.07, 6.45) is 5.60. The molecule has 0 aromatic heterocycles. The van der Waals surface area contributed by atoms with Crippen molar-refractivity contribution in [1.29, 1.82) is 0 Å². The van der Waals surface area contributed by atoms with Crippen LogP contribution in [0.3, 0.4) is 0 Å². The molecule has 0 spiro atoms. The molecule has 0 radical (unpaired) electrons. The fraction of sp³-hybridized carbons (Fsp3) is 0.571. The van der Waals surface area contributed by atoms with Gasteiger partial charge in [0, 0.05) is 22.1 Å². The normalized spacial score (nSPS) is 24.2. The van der Waals surface area contributed by atoms with Gasteiger partial charge in [0.25, 0.3) is 0 Å². The third-order valence-corrected chi connectivity index (χ3v) is 4.20. The molecule has 100 valence electrons. The molecular formula is C14H20Cl2N2. The van der Waals surface area contributed by atoms with E-state index in [9.17, 15) is 0 Å². The Morgan fingerprint density at radius 3 is 2.56 bits per heavy atom. The van der Waals surface area contributed by atoms with Crippen molar-refractivity contribution < 1.29 is 0 Å². The zero-order valence-electron chi connectivity index (χ0n) is 10.5. The van der Waals surface area contributed by atoms with Gasteiger partial charge < -0.3 is 11.1 Å². The lowest BCUT2D eigenvalue weighted by Crippen LogP contribution is -2.38. The molecule has 0 unspecified atom stereocenters. The molecule has 2 rings (SSSR count). The Hall–Kier alpha value is -0.280. The van der Waals surface area contributed by atoms with E-state index in [4.69, 9.17) is 28.9 Å². The van der Waals surface area contributed by atoms with Crippen LogP contribution in [0.25, 0.3) is 0 Å². The Kier molecular flexibility index (Phi) is 5.31. The van der Waals surface area contributed by atoms with Gasteiger partial charge in [0.2, 0.25) is 0 Å². The van der Waals surface area contributed by atoms with Gasteiger partial charge in [-0.1, -0.05) is 29.3 Å². The summed E-state index contributed by atoms with van der Waals surface area (Å²) >= 11 is 12.0. The maximum absolute atomic E-state index is 6.14. The number of nitrogens with two attached hydrogens (primary N) is 1. The minimum Gasteiger partial charge on any atom is -0.328 e. The lowest BCUT2D eigenvalue weighted by Gasteiger charge is -2.27. The van der Waals surface area contributed by atoms with Crippen molar-refractivity contribution in [2.24, 2.45) is 5.73 Å². The van der Waals surface area contributed by atoms with Gasteiger partial charge in [0.15, 0.2) is 0 Å². The van der Waals surface area contributed by atoms with Crippen molar-refractivity contribution in [3.63, 3.8) is 0 Å². The van der Waals surface area contributed by atoms with E-state index in [-0.39, 0.29) is 0 Å². The summed E-state index contributed by atoms with van der Waals surface area (Å²) < 4.78 is 0. The largest absolute Gasteiger partial charge is 0.328 e. The summed E-state index contributed by atoms with van der Waals surface area (Å²) in [5, 5.41) is 5.04. The SMILES string of the molecule is NC1CCC(NCCc2ccc(Cl)cc2Cl)CC1. The van der Waals surface area contributed by atoms with Gasteiger partial charge in [0.1, 0.15) is 0 Å². The highest BCUT2D eigenvalue weighted by Gasteiger charge is 2.17. The second-order valence-electron chi connectivity index (χ2n) is 5.05. The molecule has 2 nitrogen and oxygen atoms in total. The van der Waals surface area contributed by atoms with E-state index in [0.717, 1.165) is 36.4 Å². The first-order chi connectivity index (χ1) is 8.65. The summed E-state index contributed by atoms with van der Waals surface area (Å²) in [5.74, 6) is 0. The number of benzene rings is 1. The molecule has 0 atom stereocenters. The third-order valence-electron chi connectivity index (χ3n) is 3.61. The van der Waals surface area contributed by atoms with Crippen LogP contribution in [0.5, 0.6) is 0 Å². The van der Waals surface area contributed by atoms with Crippen LogP contribution in [0.1, 0.15) is 31.2 Å².